The smallest absolute Gasteiger partial charge is 0.433 e. The number of hydrogen-bond donors (Lipinski definition) is 0. The van der Waals surface area contributed by atoms with Crippen molar-refractivity contribution < 1.29 is 23.7 Å². The SMILES string of the molecule is COCC1(COC)COC(=O)OC1. The Morgan fingerprint density at radius 3 is 2.08 bits per heavy atom. The van der Waals surface area contributed by atoms with E-state index in [-0.39, 0.29) is 18.6 Å². The molecule has 0 amide bonds. The topological polar surface area (TPSA) is 54.0 Å². The first-order valence-electron chi connectivity index (χ1n) is 4.00. The van der Waals surface area contributed by atoms with Gasteiger partial charge in [0.1, 0.15) is 13.2 Å². The molecule has 0 bridgehead atoms. The Balaban J connectivity index is 2.51. The number of cyclic esters (lactones) is 2. The molecule has 1 saturated heterocycles. The third kappa shape index (κ3) is 2.57. The standard InChI is InChI=1S/C8H14O5/c1-10-3-8(4-11-2)5-12-7(9)13-6-8/h3-6H2,1-2H3. The fourth-order valence-electron chi connectivity index (χ4n) is 1.33. The molecular weight excluding hydrogens is 176 g/mol. The highest BCUT2D eigenvalue weighted by Gasteiger charge is 2.38. The molecule has 0 N–H and O–H groups in total. The van der Waals surface area contributed by atoms with E-state index < -0.39 is 6.16 Å². The van der Waals surface area contributed by atoms with E-state index in [1.807, 2.05) is 0 Å². The summed E-state index contributed by atoms with van der Waals surface area (Å²) in [7, 11) is 3.18. The van der Waals surface area contributed by atoms with Crippen LogP contribution < -0.4 is 0 Å². The largest absolute Gasteiger partial charge is 0.508 e. The van der Waals surface area contributed by atoms with Gasteiger partial charge in [-0.05, 0) is 0 Å². The van der Waals surface area contributed by atoms with Gasteiger partial charge >= 0.3 is 6.16 Å². The monoisotopic (exact) mass is 190 g/mol. The van der Waals surface area contributed by atoms with Crippen molar-refractivity contribution >= 4 is 6.16 Å². The maximum atomic E-state index is 10.6. The van der Waals surface area contributed by atoms with Crippen molar-refractivity contribution in [2.24, 2.45) is 5.41 Å². The lowest BCUT2D eigenvalue weighted by Gasteiger charge is -2.34. The summed E-state index contributed by atoms with van der Waals surface area (Å²) in [6.07, 6.45) is -0.622. The number of carbonyl (C=O) groups is 1. The van der Waals surface area contributed by atoms with Gasteiger partial charge in [0.2, 0.25) is 0 Å². The molecule has 1 aliphatic heterocycles. The minimum Gasteiger partial charge on any atom is -0.433 e. The predicted octanol–water partition coefficient (Wildman–Crippen LogP) is 0.432. The lowest BCUT2D eigenvalue weighted by Crippen LogP contribution is -2.45. The van der Waals surface area contributed by atoms with Crippen LogP contribution in [-0.2, 0) is 18.9 Å². The molecule has 1 aliphatic rings. The fourth-order valence-corrected chi connectivity index (χ4v) is 1.33. The Labute approximate surface area is 76.9 Å². The summed E-state index contributed by atoms with van der Waals surface area (Å²) in [5.74, 6) is 0. The molecule has 0 radical (unpaired) electrons. The highest BCUT2D eigenvalue weighted by atomic mass is 16.7. The normalized spacial score (nSPS) is 20.6. The Morgan fingerprint density at radius 1 is 1.23 bits per heavy atom. The third-order valence-corrected chi connectivity index (χ3v) is 1.89. The van der Waals surface area contributed by atoms with Crippen LogP contribution in [-0.4, -0.2) is 46.8 Å². The average molecular weight is 190 g/mol. The molecule has 76 valence electrons. The van der Waals surface area contributed by atoms with Crippen molar-refractivity contribution in [3.8, 4) is 0 Å². The molecule has 0 aliphatic carbocycles. The summed E-state index contributed by atoms with van der Waals surface area (Å²) >= 11 is 0. The summed E-state index contributed by atoms with van der Waals surface area (Å²) in [6, 6.07) is 0. The quantitative estimate of drug-likeness (QED) is 0.602. The first-order chi connectivity index (χ1) is 6.22. The van der Waals surface area contributed by atoms with Gasteiger partial charge in [0.25, 0.3) is 0 Å². The molecule has 0 aromatic rings. The molecule has 1 fully saturated rings. The van der Waals surface area contributed by atoms with Crippen LogP contribution in [0.1, 0.15) is 0 Å². The van der Waals surface area contributed by atoms with E-state index in [9.17, 15) is 4.79 Å². The van der Waals surface area contributed by atoms with Crippen molar-refractivity contribution in [1.29, 1.82) is 0 Å². The van der Waals surface area contributed by atoms with E-state index >= 15 is 0 Å². The molecule has 0 aromatic heterocycles. The van der Waals surface area contributed by atoms with Crippen molar-refractivity contribution in [2.45, 2.75) is 0 Å². The van der Waals surface area contributed by atoms with E-state index in [4.69, 9.17) is 18.9 Å². The molecule has 5 nitrogen and oxygen atoms in total. The molecule has 5 heteroatoms. The summed E-state index contributed by atoms with van der Waals surface area (Å²) < 4.78 is 19.6. The molecule has 0 aromatic carbocycles. The number of carbonyl (C=O) groups excluding carboxylic acids is 1. The van der Waals surface area contributed by atoms with Crippen LogP contribution in [0.15, 0.2) is 0 Å². The zero-order valence-electron chi connectivity index (χ0n) is 7.87. The van der Waals surface area contributed by atoms with E-state index in [1.165, 1.54) is 0 Å². The third-order valence-electron chi connectivity index (χ3n) is 1.89. The van der Waals surface area contributed by atoms with Gasteiger partial charge in [-0.1, -0.05) is 0 Å². The molecule has 0 saturated carbocycles. The predicted molar refractivity (Wildman–Crippen MR) is 43.5 cm³/mol. The van der Waals surface area contributed by atoms with E-state index in [0.717, 1.165) is 0 Å². The van der Waals surface area contributed by atoms with E-state index in [0.29, 0.717) is 13.2 Å². The number of hydrogen-bond acceptors (Lipinski definition) is 5. The zero-order valence-corrected chi connectivity index (χ0v) is 7.87. The first kappa shape index (κ1) is 10.3. The van der Waals surface area contributed by atoms with Crippen LogP contribution >= 0.6 is 0 Å². The Hall–Kier alpha value is -0.810. The summed E-state index contributed by atoms with van der Waals surface area (Å²) in [4.78, 5) is 10.6. The van der Waals surface area contributed by atoms with Gasteiger partial charge in [-0.25, -0.2) is 4.79 Å². The fraction of sp³-hybridized carbons (Fsp3) is 0.875. The van der Waals surface area contributed by atoms with Crippen molar-refractivity contribution in [1.82, 2.24) is 0 Å². The second-order valence-electron chi connectivity index (χ2n) is 3.19. The van der Waals surface area contributed by atoms with Crippen molar-refractivity contribution in [3.63, 3.8) is 0 Å². The molecule has 0 unspecified atom stereocenters. The molecule has 1 rings (SSSR count). The maximum absolute atomic E-state index is 10.6. The van der Waals surface area contributed by atoms with E-state index in [2.05, 4.69) is 0 Å². The van der Waals surface area contributed by atoms with Crippen molar-refractivity contribution in [3.05, 3.63) is 0 Å². The Bertz CT molecular complexity index is 161. The van der Waals surface area contributed by atoms with Gasteiger partial charge < -0.3 is 18.9 Å². The van der Waals surface area contributed by atoms with E-state index in [1.54, 1.807) is 14.2 Å². The second-order valence-corrected chi connectivity index (χ2v) is 3.19. The van der Waals surface area contributed by atoms with Gasteiger partial charge in [0.15, 0.2) is 0 Å². The Morgan fingerprint density at radius 2 is 1.69 bits per heavy atom. The lowest BCUT2D eigenvalue weighted by molar-refractivity contribution is -0.112. The maximum Gasteiger partial charge on any atom is 0.508 e. The van der Waals surface area contributed by atoms with Gasteiger partial charge in [-0.2, -0.15) is 0 Å². The van der Waals surface area contributed by atoms with Crippen LogP contribution in [0.4, 0.5) is 4.79 Å². The number of methoxy groups -OCH3 is 2. The molecule has 0 spiro atoms. The van der Waals surface area contributed by atoms with Crippen LogP contribution in [0.3, 0.4) is 0 Å². The second kappa shape index (κ2) is 4.43. The lowest BCUT2D eigenvalue weighted by atomic mass is 9.92. The number of ether oxygens (including phenoxy) is 4. The molecular formula is C8H14O5. The number of rotatable bonds is 4. The summed E-state index contributed by atoms with van der Waals surface area (Å²) in [6.45, 7) is 1.48. The first-order valence-corrected chi connectivity index (χ1v) is 4.00. The van der Waals surface area contributed by atoms with Crippen LogP contribution in [0.25, 0.3) is 0 Å². The minimum atomic E-state index is -0.622. The van der Waals surface area contributed by atoms with Gasteiger partial charge in [0.05, 0.1) is 18.6 Å². The summed E-state index contributed by atoms with van der Waals surface area (Å²) in [5, 5.41) is 0. The highest BCUT2D eigenvalue weighted by molar-refractivity contribution is 5.60. The van der Waals surface area contributed by atoms with Crippen molar-refractivity contribution in [2.75, 3.05) is 40.6 Å². The van der Waals surface area contributed by atoms with Gasteiger partial charge in [-0.15, -0.1) is 0 Å². The molecule has 1 heterocycles. The molecule has 0 atom stereocenters. The van der Waals surface area contributed by atoms with Gasteiger partial charge in [0, 0.05) is 14.2 Å². The minimum absolute atomic E-state index is 0.285. The molecule has 13 heavy (non-hydrogen) atoms. The highest BCUT2D eigenvalue weighted by Crippen LogP contribution is 2.23. The van der Waals surface area contributed by atoms with Crippen LogP contribution in [0.2, 0.25) is 0 Å². The van der Waals surface area contributed by atoms with Gasteiger partial charge in [-0.3, -0.25) is 0 Å². The Kier molecular flexibility index (Phi) is 3.50. The summed E-state index contributed by atoms with van der Waals surface area (Å²) in [5.41, 5.74) is -0.350. The van der Waals surface area contributed by atoms with Crippen LogP contribution in [0, 0.1) is 5.41 Å². The zero-order chi connectivity index (χ0) is 9.73. The average Bonchev–Trinajstić information content (AvgIpc) is 2.11. The van der Waals surface area contributed by atoms with Crippen LogP contribution in [0.5, 0.6) is 0 Å².